The lowest BCUT2D eigenvalue weighted by Crippen LogP contribution is -2.35. The molecule has 3 aromatic rings. The first kappa shape index (κ1) is 17.3. The number of hydrogen-bond acceptors (Lipinski definition) is 5. The number of nitrogens with one attached hydrogen (secondary N) is 1. The Morgan fingerprint density at radius 1 is 1.32 bits per heavy atom. The van der Waals surface area contributed by atoms with Gasteiger partial charge < -0.3 is 14.6 Å². The molecule has 0 radical (unpaired) electrons. The maximum atomic E-state index is 12.6. The minimum absolute atomic E-state index is 0.0220. The number of thiophene rings is 1. The fourth-order valence-corrected chi connectivity index (χ4v) is 3.23. The van der Waals surface area contributed by atoms with Crippen LogP contribution >= 0.6 is 11.3 Å². The topological polar surface area (TPSA) is 75.3 Å². The molecule has 1 aromatic carbocycles. The number of rotatable bonds is 7. The molecule has 3 rings (SSSR count). The number of aromatic nitrogens is 2. The van der Waals surface area contributed by atoms with Crippen molar-refractivity contribution >= 4 is 28.1 Å². The van der Waals surface area contributed by atoms with E-state index in [0.29, 0.717) is 36.3 Å². The zero-order valence-corrected chi connectivity index (χ0v) is 14.7. The van der Waals surface area contributed by atoms with Gasteiger partial charge in [-0.1, -0.05) is 12.1 Å². The second-order valence-electron chi connectivity index (χ2n) is 5.65. The monoisotopic (exact) mass is 357 g/mol. The van der Waals surface area contributed by atoms with Gasteiger partial charge in [0.05, 0.1) is 30.5 Å². The Bertz CT molecular complexity index is 905. The van der Waals surface area contributed by atoms with Crippen molar-refractivity contribution in [2.45, 2.75) is 13.0 Å². The van der Waals surface area contributed by atoms with Crippen molar-refractivity contribution in [2.75, 3.05) is 20.3 Å². The lowest BCUT2D eigenvalue weighted by molar-refractivity contribution is -0.131. The van der Waals surface area contributed by atoms with Crippen LogP contribution in [0.2, 0.25) is 0 Å². The van der Waals surface area contributed by atoms with Crippen LogP contribution in [-0.4, -0.2) is 41.0 Å². The maximum Gasteiger partial charge on any atom is 0.258 e. The van der Waals surface area contributed by atoms with Gasteiger partial charge in [0, 0.05) is 13.7 Å². The van der Waals surface area contributed by atoms with Crippen molar-refractivity contribution in [3.8, 4) is 0 Å². The molecule has 0 aliphatic heterocycles. The predicted octanol–water partition coefficient (Wildman–Crippen LogP) is 2.20. The highest BCUT2D eigenvalue weighted by atomic mass is 32.1. The largest absolute Gasteiger partial charge is 0.383 e. The number of amides is 1. The number of para-hydroxylation sites is 1. The Morgan fingerprint density at radius 2 is 2.16 bits per heavy atom. The molecular weight excluding hydrogens is 338 g/mol. The molecule has 7 heteroatoms. The van der Waals surface area contributed by atoms with Crippen LogP contribution in [0.4, 0.5) is 0 Å². The van der Waals surface area contributed by atoms with Gasteiger partial charge in [-0.15, -0.1) is 0 Å². The van der Waals surface area contributed by atoms with E-state index in [4.69, 9.17) is 4.74 Å². The minimum Gasteiger partial charge on any atom is -0.383 e. The van der Waals surface area contributed by atoms with Gasteiger partial charge in [0.1, 0.15) is 5.82 Å². The van der Waals surface area contributed by atoms with E-state index in [0.717, 1.165) is 5.56 Å². The van der Waals surface area contributed by atoms with Gasteiger partial charge in [-0.3, -0.25) is 9.59 Å². The van der Waals surface area contributed by atoms with E-state index < -0.39 is 0 Å². The summed E-state index contributed by atoms with van der Waals surface area (Å²) in [7, 11) is 1.59. The number of carbonyl (C=O) groups excluding carboxylic acids is 1. The molecule has 0 saturated heterocycles. The first-order valence-corrected chi connectivity index (χ1v) is 8.87. The van der Waals surface area contributed by atoms with Gasteiger partial charge >= 0.3 is 0 Å². The average molecular weight is 357 g/mol. The highest BCUT2D eigenvalue weighted by Gasteiger charge is 2.16. The van der Waals surface area contributed by atoms with Gasteiger partial charge in [0.25, 0.3) is 5.56 Å². The molecule has 0 aliphatic carbocycles. The molecule has 130 valence electrons. The maximum absolute atomic E-state index is 12.6. The molecule has 2 aromatic heterocycles. The third kappa shape index (κ3) is 4.32. The van der Waals surface area contributed by atoms with E-state index in [-0.39, 0.29) is 18.0 Å². The van der Waals surface area contributed by atoms with Crippen LogP contribution in [0.25, 0.3) is 10.9 Å². The molecule has 0 bridgehead atoms. The molecule has 0 fully saturated rings. The number of methoxy groups -OCH3 is 1. The summed E-state index contributed by atoms with van der Waals surface area (Å²) in [6.07, 6.45) is 0.324. The fraction of sp³-hybridized carbons (Fsp3) is 0.278. The molecule has 25 heavy (non-hydrogen) atoms. The van der Waals surface area contributed by atoms with Crippen LogP contribution in [0.1, 0.15) is 11.4 Å². The standard InChI is InChI=1S/C18H19N3O3S/c1-24-8-7-21(17(22)10-13-6-9-25-12-13)11-16-19-15-5-3-2-4-14(15)18(23)20-16/h2-6,9,12H,7-8,10-11H2,1H3,(H,19,20,23). The van der Waals surface area contributed by atoms with Crippen LogP contribution in [0.15, 0.2) is 45.9 Å². The van der Waals surface area contributed by atoms with Crippen molar-refractivity contribution in [2.24, 2.45) is 0 Å². The average Bonchev–Trinajstić information content (AvgIpc) is 3.11. The van der Waals surface area contributed by atoms with Crippen LogP contribution in [0.5, 0.6) is 0 Å². The van der Waals surface area contributed by atoms with Crippen molar-refractivity contribution in [1.29, 1.82) is 0 Å². The van der Waals surface area contributed by atoms with Crippen LogP contribution in [0, 0.1) is 0 Å². The van der Waals surface area contributed by atoms with E-state index in [9.17, 15) is 9.59 Å². The molecule has 2 heterocycles. The normalized spacial score (nSPS) is 10.9. The van der Waals surface area contributed by atoms with Crippen LogP contribution in [-0.2, 0) is 22.5 Å². The molecular formula is C18H19N3O3S. The van der Waals surface area contributed by atoms with E-state index in [1.54, 1.807) is 41.5 Å². The quantitative estimate of drug-likeness (QED) is 0.703. The summed E-state index contributed by atoms with van der Waals surface area (Å²) in [6.45, 7) is 1.11. The third-order valence-corrected chi connectivity index (χ3v) is 4.59. The Balaban J connectivity index is 1.82. The fourth-order valence-electron chi connectivity index (χ4n) is 2.56. The molecule has 1 N–H and O–H groups in total. The molecule has 0 spiro atoms. The van der Waals surface area contributed by atoms with Gasteiger partial charge in [0.2, 0.25) is 5.91 Å². The van der Waals surface area contributed by atoms with Crippen molar-refractivity contribution in [3.05, 3.63) is 62.8 Å². The second kappa shape index (κ2) is 8.04. The van der Waals surface area contributed by atoms with E-state index in [1.165, 1.54) is 0 Å². The minimum atomic E-state index is -0.197. The van der Waals surface area contributed by atoms with Crippen molar-refractivity contribution in [3.63, 3.8) is 0 Å². The SMILES string of the molecule is COCCN(Cc1nc2ccccc2c(=O)[nH]1)C(=O)Cc1ccsc1. The number of nitrogens with zero attached hydrogens (tertiary/aromatic N) is 2. The van der Waals surface area contributed by atoms with Gasteiger partial charge in [-0.05, 0) is 34.5 Å². The first-order chi connectivity index (χ1) is 12.2. The molecule has 0 aliphatic rings. The number of benzene rings is 1. The van der Waals surface area contributed by atoms with Crippen LogP contribution < -0.4 is 5.56 Å². The molecule has 1 amide bonds. The van der Waals surface area contributed by atoms with Crippen LogP contribution in [0.3, 0.4) is 0 Å². The van der Waals surface area contributed by atoms with Gasteiger partial charge in [0.15, 0.2) is 0 Å². The molecule has 0 saturated carbocycles. The Labute approximate surface area is 149 Å². The Hall–Kier alpha value is -2.51. The predicted molar refractivity (Wildman–Crippen MR) is 97.7 cm³/mol. The molecule has 0 unspecified atom stereocenters. The number of H-pyrrole nitrogens is 1. The smallest absolute Gasteiger partial charge is 0.258 e. The van der Waals surface area contributed by atoms with Gasteiger partial charge in [-0.25, -0.2) is 4.98 Å². The number of ether oxygens (including phenoxy) is 1. The Morgan fingerprint density at radius 3 is 2.92 bits per heavy atom. The molecule has 6 nitrogen and oxygen atoms in total. The number of aromatic amines is 1. The zero-order chi connectivity index (χ0) is 17.6. The van der Waals surface area contributed by atoms with Crippen molar-refractivity contribution < 1.29 is 9.53 Å². The summed E-state index contributed by atoms with van der Waals surface area (Å²) in [5, 5.41) is 4.45. The summed E-state index contributed by atoms with van der Waals surface area (Å²) in [5.74, 6) is 0.449. The summed E-state index contributed by atoms with van der Waals surface area (Å²) < 4.78 is 5.11. The third-order valence-electron chi connectivity index (χ3n) is 3.86. The number of fused-ring (bicyclic) bond motifs is 1. The lowest BCUT2D eigenvalue weighted by atomic mass is 10.2. The number of hydrogen-bond donors (Lipinski definition) is 1. The lowest BCUT2D eigenvalue weighted by Gasteiger charge is -2.22. The summed E-state index contributed by atoms with van der Waals surface area (Å²) in [5.41, 5.74) is 1.41. The zero-order valence-electron chi connectivity index (χ0n) is 13.9. The van der Waals surface area contributed by atoms with E-state index >= 15 is 0 Å². The summed E-state index contributed by atoms with van der Waals surface area (Å²) in [4.78, 5) is 33.7. The second-order valence-corrected chi connectivity index (χ2v) is 6.43. The highest BCUT2D eigenvalue weighted by molar-refractivity contribution is 7.08. The van der Waals surface area contributed by atoms with Gasteiger partial charge in [-0.2, -0.15) is 11.3 Å². The number of carbonyl (C=O) groups is 1. The first-order valence-electron chi connectivity index (χ1n) is 7.93. The summed E-state index contributed by atoms with van der Waals surface area (Å²) >= 11 is 1.56. The van der Waals surface area contributed by atoms with E-state index in [1.807, 2.05) is 22.9 Å². The summed E-state index contributed by atoms with van der Waals surface area (Å²) in [6, 6.07) is 9.10. The molecule has 0 atom stereocenters. The highest BCUT2D eigenvalue weighted by Crippen LogP contribution is 2.11. The van der Waals surface area contributed by atoms with Crippen molar-refractivity contribution in [1.82, 2.24) is 14.9 Å². The van der Waals surface area contributed by atoms with E-state index in [2.05, 4.69) is 9.97 Å². The Kier molecular flexibility index (Phi) is 5.57.